The topological polar surface area (TPSA) is 229 Å². The molecule has 2 aliphatic carbocycles. The van der Waals surface area contributed by atoms with Crippen molar-refractivity contribution in [1.82, 2.24) is 19.9 Å². The number of rotatable bonds is 11. The van der Waals surface area contributed by atoms with E-state index in [1.165, 1.54) is 43.4 Å². The molecule has 3 fully saturated rings. The summed E-state index contributed by atoms with van der Waals surface area (Å²) in [6.07, 6.45) is 13.2. The van der Waals surface area contributed by atoms with Crippen LogP contribution in [-0.2, 0) is 22.7 Å². The van der Waals surface area contributed by atoms with Crippen molar-refractivity contribution in [1.29, 1.82) is 0 Å². The van der Waals surface area contributed by atoms with E-state index in [0.717, 1.165) is 50.7 Å². The normalized spacial score (nSPS) is 18.8. The summed E-state index contributed by atoms with van der Waals surface area (Å²) in [6.45, 7) is 2.05. The molecule has 0 radical (unpaired) electrons. The van der Waals surface area contributed by atoms with Crippen LogP contribution in [0.3, 0.4) is 0 Å². The van der Waals surface area contributed by atoms with Gasteiger partial charge in [-0.05, 0) is 79.9 Å². The smallest absolute Gasteiger partial charge is 0.337 e. The third-order valence-corrected chi connectivity index (χ3v) is 12.8. The van der Waals surface area contributed by atoms with Crippen LogP contribution in [0.15, 0.2) is 80.8 Å². The molecule has 2 saturated carbocycles. The number of H-pyrrole nitrogens is 2. The van der Waals surface area contributed by atoms with Crippen molar-refractivity contribution in [2.24, 2.45) is 16.2 Å². The summed E-state index contributed by atoms with van der Waals surface area (Å²) in [7, 11) is -3.02. The molecule has 0 bridgehead atoms. The number of oxime groups is 2. The van der Waals surface area contributed by atoms with Crippen molar-refractivity contribution >= 4 is 43.5 Å². The minimum absolute atomic E-state index is 0.0154. The molecule has 5 heterocycles. The number of nitrogens with zero attached hydrogens (tertiary/aromatic N) is 4. The molecule has 17 heteroatoms. The first-order chi connectivity index (χ1) is 28.5. The predicted molar refractivity (Wildman–Crippen MR) is 222 cm³/mol. The highest BCUT2D eigenvalue weighted by Gasteiger charge is 2.23. The van der Waals surface area contributed by atoms with E-state index in [1.807, 2.05) is 18.2 Å². The van der Waals surface area contributed by atoms with E-state index < -0.39 is 32.2 Å². The fourth-order valence-electron chi connectivity index (χ4n) is 7.98. The van der Waals surface area contributed by atoms with Gasteiger partial charge in [0, 0.05) is 25.0 Å². The number of hydrogen-bond acceptors (Lipinski definition) is 14. The Morgan fingerprint density at radius 1 is 0.746 bits per heavy atom. The molecule has 3 aliphatic rings. The number of benzene rings is 1. The molecule has 16 nitrogen and oxygen atoms in total. The molecule has 1 atom stereocenters. The lowest BCUT2D eigenvalue weighted by molar-refractivity contribution is 0.306. The molecule has 0 spiro atoms. The van der Waals surface area contributed by atoms with Gasteiger partial charge in [-0.2, -0.15) is 9.97 Å². The molecule has 0 amide bonds. The Morgan fingerprint density at radius 3 is 1.92 bits per heavy atom. The summed E-state index contributed by atoms with van der Waals surface area (Å²) in [5.74, 6) is 1.08. The molecular formula is C42H48N6O10S. The van der Waals surface area contributed by atoms with Gasteiger partial charge in [0.15, 0.2) is 9.84 Å². The number of aromatic amines is 2. The minimum atomic E-state index is -3.02. The lowest BCUT2D eigenvalue weighted by Crippen LogP contribution is -2.23. The number of nitrogens with one attached hydrogen (secondary N) is 2. The zero-order chi connectivity index (χ0) is 41.4. The quantitative estimate of drug-likeness (QED) is 0.141. The van der Waals surface area contributed by atoms with Gasteiger partial charge in [0.25, 0.3) is 11.1 Å². The number of aromatic nitrogens is 4. The highest BCUT2D eigenvalue weighted by atomic mass is 32.2. The summed E-state index contributed by atoms with van der Waals surface area (Å²) < 4.78 is 33.2. The second kappa shape index (κ2) is 18.9. The van der Waals surface area contributed by atoms with E-state index in [1.54, 1.807) is 0 Å². The fraction of sp³-hybridized carbons (Fsp3) is 0.476. The Bertz CT molecular complexity index is 2680. The average Bonchev–Trinajstić information content (AvgIpc) is 3.75. The van der Waals surface area contributed by atoms with Crippen LogP contribution in [0.2, 0.25) is 0 Å². The second-order valence-electron chi connectivity index (χ2n) is 15.4. The van der Waals surface area contributed by atoms with E-state index in [4.69, 9.17) is 18.5 Å². The summed E-state index contributed by atoms with van der Waals surface area (Å²) in [6, 6.07) is 12.8. The van der Waals surface area contributed by atoms with Gasteiger partial charge in [-0.25, -0.2) is 18.0 Å². The van der Waals surface area contributed by atoms with Crippen molar-refractivity contribution in [2.75, 3.05) is 11.5 Å². The molecule has 5 aromatic rings. The lowest BCUT2D eigenvalue weighted by Gasteiger charge is -2.23. The number of hydrogen-bond donors (Lipinski definition) is 2. The van der Waals surface area contributed by atoms with Crippen molar-refractivity contribution in [3.05, 3.63) is 101 Å². The molecule has 1 aromatic carbocycles. The van der Waals surface area contributed by atoms with Gasteiger partial charge in [-0.3, -0.25) is 19.6 Å². The Kier molecular flexibility index (Phi) is 13.3. The molecule has 312 valence electrons. The van der Waals surface area contributed by atoms with Crippen LogP contribution in [0.25, 0.3) is 22.2 Å². The number of fused-ring (bicyclic) bond motifs is 2. The van der Waals surface area contributed by atoms with Gasteiger partial charge >= 0.3 is 23.3 Å². The lowest BCUT2D eigenvalue weighted by atomic mass is 9.83. The maximum absolute atomic E-state index is 12.6. The van der Waals surface area contributed by atoms with Gasteiger partial charge in [-0.1, -0.05) is 79.7 Å². The molecule has 4 aromatic heterocycles. The summed E-state index contributed by atoms with van der Waals surface area (Å²) in [4.78, 5) is 73.0. The number of aryl methyl sites for hydroxylation is 2. The number of sulfone groups is 1. The van der Waals surface area contributed by atoms with Crippen LogP contribution in [-0.4, -0.2) is 51.3 Å². The Balaban J connectivity index is 0.000000179. The van der Waals surface area contributed by atoms with Crippen LogP contribution < -0.4 is 32.0 Å². The monoisotopic (exact) mass is 828 g/mol. The molecular weight excluding hydrogens is 781 g/mol. The van der Waals surface area contributed by atoms with Gasteiger partial charge < -0.3 is 18.5 Å². The zero-order valence-corrected chi connectivity index (χ0v) is 33.8. The third-order valence-electron chi connectivity index (χ3n) is 11.1. The Morgan fingerprint density at radius 2 is 1.32 bits per heavy atom. The largest absolute Gasteiger partial charge is 0.403 e. The average molecular weight is 829 g/mol. The highest BCUT2D eigenvalue weighted by Crippen LogP contribution is 2.32. The fourth-order valence-corrected chi connectivity index (χ4v) is 9.28. The van der Waals surface area contributed by atoms with Crippen LogP contribution >= 0.6 is 0 Å². The van der Waals surface area contributed by atoms with Crippen LogP contribution in [0.5, 0.6) is 12.0 Å². The summed E-state index contributed by atoms with van der Waals surface area (Å²) >= 11 is 0. The maximum atomic E-state index is 12.6. The van der Waals surface area contributed by atoms with E-state index in [0.29, 0.717) is 46.9 Å². The highest BCUT2D eigenvalue weighted by molar-refractivity contribution is 7.91. The Hall–Kier alpha value is -5.71. The number of unbranched alkanes of at least 4 members (excludes halogenated alkanes) is 1. The van der Waals surface area contributed by atoms with E-state index in [2.05, 4.69) is 49.3 Å². The predicted octanol–water partition coefficient (Wildman–Crippen LogP) is 6.25. The van der Waals surface area contributed by atoms with Crippen molar-refractivity contribution < 1.29 is 26.9 Å². The molecule has 1 aliphatic heterocycles. The maximum Gasteiger partial charge on any atom is 0.337 e. The molecule has 1 unspecified atom stereocenters. The molecule has 8 rings (SSSR count). The van der Waals surface area contributed by atoms with Crippen LogP contribution in [0.1, 0.15) is 113 Å². The van der Waals surface area contributed by atoms with Crippen LogP contribution in [0, 0.1) is 5.92 Å². The SMILES string of the molecule is CCCCc1cc(=O)oc2nc(O/N=C3\CCCC(c4ccccc4)C3)[nH]c(=O)c12.O=c1cc(CCC2CCCC2)c2c(=O)[nH]c(ON=C3CCS(=O)(=O)CC3)nc2o1. The standard InChI is InChI=1S/C23H25N3O4.C19H23N3O6S/c1-2-3-8-17-14-19(27)29-22-20(17)21(28)24-23(25-22)30-26-18-12-7-11-16(13-18)15-9-5-4-6-10-15;23-15-11-13(6-5-12-3-1-2-4-12)16-17(24)20-19(21-18(16)27-15)28-22-14-7-9-29(25,26)10-8-14/h4-6,9-10,14,16H,2-3,7-8,11-13H2,1H3,(H,24,25,28);11-12H,1-10H2,(H,20,21,24)/b26-18+;. The van der Waals surface area contributed by atoms with Gasteiger partial charge in [0.05, 0.1) is 22.9 Å². The first-order valence-electron chi connectivity index (χ1n) is 20.4. The third kappa shape index (κ3) is 10.9. The first-order valence-corrected chi connectivity index (χ1v) is 22.2. The van der Waals surface area contributed by atoms with Crippen LogP contribution in [0.4, 0.5) is 0 Å². The molecule has 59 heavy (non-hydrogen) atoms. The van der Waals surface area contributed by atoms with Crippen molar-refractivity contribution in [2.45, 2.75) is 109 Å². The zero-order valence-electron chi connectivity index (χ0n) is 33.0. The summed E-state index contributed by atoms with van der Waals surface area (Å²) in [5, 5.41) is 8.69. The van der Waals surface area contributed by atoms with E-state index >= 15 is 0 Å². The molecule has 2 N–H and O–H groups in total. The van der Waals surface area contributed by atoms with Crippen molar-refractivity contribution in [3.8, 4) is 12.0 Å². The minimum Gasteiger partial charge on any atom is -0.403 e. The van der Waals surface area contributed by atoms with Gasteiger partial charge in [0.2, 0.25) is 11.4 Å². The van der Waals surface area contributed by atoms with E-state index in [-0.39, 0.29) is 53.2 Å². The van der Waals surface area contributed by atoms with Crippen molar-refractivity contribution in [3.63, 3.8) is 0 Å². The van der Waals surface area contributed by atoms with E-state index in [9.17, 15) is 27.6 Å². The summed E-state index contributed by atoms with van der Waals surface area (Å²) in [5.41, 5.74) is 2.04. The first kappa shape index (κ1) is 41.4. The Labute approximate surface area is 339 Å². The van der Waals surface area contributed by atoms with Gasteiger partial charge in [-0.15, -0.1) is 0 Å². The second-order valence-corrected chi connectivity index (χ2v) is 17.7. The molecule has 1 saturated heterocycles. The van der Waals surface area contributed by atoms with Gasteiger partial charge in [0.1, 0.15) is 10.8 Å².